The Kier molecular flexibility index (Phi) is 19.4. The zero-order valence-corrected chi connectivity index (χ0v) is 19.8. The standard InChI is InChI=1S/C26H52O2/c1-5-8-10-11-12-13-14-15-16-17-18-20-23(4)25(26(27)28)22-24(19-7-3)21-9-6-2/h23-25H,5-22H2,1-4H3,(H,27,28). The number of carbonyl (C=O) groups is 1. The van der Waals surface area contributed by atoms with E-state index in [1.54, 1.807) is 0 Å². The zero-order chi connectivity index (χ0) is 21.0. The van der Waals surface area contributed by atoms with Gasteiger partial charge in [0.25, 0.3) is 0 Å². The quantitative estimate of drug-likeness (QED) is 0.196. The third-order valence-corrected chi connectivity index (χ3v) is 6.52. The Morgan fingerprint density at radius 1 is 0.643 bits per heavy atom. The fourth-order valence-corrected chi connectivity index (χ4v) is 4.55. The van der Waals surface area contributed by atoms with E-state index < -0.39 is 5.97 Å². The van der Waals surface area contributed by atoms with Gasteiger partial charge in [0, 0.05) is 0 Å². The van der Waals surface area contributed by atoms with Crippen molar-refractivity contribution in [3.63, 3.8) is 0 Å². The lowest BCUT2D eigenvalue weighted by molar-refractivity contribution is -0.144. The molecule has 3 atom stereocenters. The lowest BCUT2D eigenvalue weighted by Gasteiger charge is -2.25. The van der Waals surface area contributed by atoms with Crippen LogP contribution < -0.4 is 0 Å². The lowest BCUT2D eigenvalue weighted by Crippen LogP contribution is -2.25. The minimum Gasteiger partial charge on any atom is -0.481 e. The summed E-state index contributed by atoms with van der Waals surface area (Å²) in [6.07, 6.45) is 22.9. The Balaban J connectivity index is 3.94. The van der Waals surface area contributed by atoms with E-state index in [1.165, 1.54) is 103 Å². The highest BCUT2D eigenvalue weighted by atomic mass is 16.4. The topological polar surface area (TPSA) is 37.3 Å². The Bertz CT molecular complexity index is 339. The summed E-state index contributed by atoms with van der Waals surface area (Å²) in [5.74, 6) is 0.215. The van der Waals surface area contributed by atoms with E-state index in [-0.39, 0.29) is 5.92 Å². The fraction of sp³-hybridized carbons (Fsp3) is 0.962. The molecule has 0 aromatic rings. The van der Waals surface area contributed by atoms with Gasteiger partial charge in [0.1, 0.15) is 0 Å². The van der Waals surface area contributed by atoms with E-state index in [4.69, 9.17) is 0 Å². The molecule has 0 fully saturated rings. The van der Waals surface area contributed by atoms with Crippen LogP contribution in [0, 0.1) is 17.8 Å². The second-order valence-corrected chi connectivity index (χ2v) is 9.28. The molecular formula is C26H52O2. The molecule has 0 aliphatic heterocycles. The smallest absolute Gasteiger partial charge is 0.306 e. The Morgan fingerprint density at radius 3 is 1.61 bits per heavy atom. The van der Waals surface area contributed by atoms with Gasteiger partial charge in [-0.3, -0.25) is 4.79 Å². The summed E-state index contributed by atoms with van der Waals surface area (Å²) in [6, 6.07) is 0. The minimum absolute atomic E-state index is 0.142. The van der Waals surface area contributed by atoms with Crippen LogP contribution in [0.15, 0.2) is 0 Å². The summed E-state index contributed by atoms with van der Waals surface area (Å²) < 4.78 is 0. The van der Waals surface area contributed by atoms with Crippen molar-refractivity contribution in [3.8, 4) is 0 Å². The number of carboxylic acid groups (broad SMARTS) is 1. The molecule has 0 radical (unpaired) electrons. The van der Waals surface area contributed by atoms with Crippen molar-refractivity contribution in [1.82, 2.24) is 0 Å². The lowest BCUT2D eigenvalue weighted by atomic mass is 9.80. The van der Waals surface area contributed by atoms with Crippen LogP contribution in [0.25, 0.3) is 0 Å². The number of aliphatic carboxylic acids is 1. The summed E-state index contributed by atoms with van der Waals surface area (Å²) >= 11 is 0. The molecule has 0 rings (SSSR count). The van der Waals surface area contributed by atoms with Gasteiger partial charge in [-0.25, -0.2) is 0 Å². The van der Waals surface area contributed by atoms with E-state index >= 15 is 0 Å². The molecular weight excluding hydrogens is 344 g/mol. The van der Waals surface area contributed by atoms with E-state index in [1.807, 2.05) is 0 Å². The highest BCUT2D eigenvalue weighted by Gasteiger charge is 2.27. The van der Waals surface area contributed by atoms with Crippen molar-refractivity contribution < 1.29 is 9.90 Å². The Labute approximate surface area is 177 Å². The minimum atomic E-state index is -0.562. The monoisotopic (exact) mass is 396 g/mol. The molecule has 0 saturated heterocycles. The van der Waals surface area contributed by atoms with Crippen LogP contribution >= 0.6 is 0 Å². The molecule has 0 heterocycles. The third-order valence-electron chi connectivity index (χ3n) is 6.52. The maximum atomic E-state index is 11.9. The van der Waals surface area contributed by atoms with Gasteiger partial charge >= 0.3 is 5.97 Å². The van der Waals surface area contributed by atoms with Crippen LogP contribution in [0.3, 0.4) is 0 Å². The van der Waals surface area contributed by atoms with Crippen molar-refractivity contribution >= 4 is 5.97 Å². The maximum Gasteiger partial charge on any atom is 0.306 e. The summed E-state index contributed by atoms with van der Waals surface area (Å²) in [5.41, 5.74) is 0. The number of hydrogen-bond donors (Lipinski definition) is 1. The third kappa shape index (κ3) is 15.4. The molecule has 2 heteroatoms. The average Bonchev–Trinajstić information content (AvgIpc) is 2.67. The Morgan fingerprint density at radius 2 is 1.14 bits per heavy atom. The number of unbranched alkanes of at least 4 members (excludes halogenated alkanes) is 11. The first-order chi connectivity index (χ1) is 13.6. The predicted octanol–water partition coefficient (Wildman–Crippen LogP) is 9.02. The molecule has 0 aromatic carbocycles. The van der Waals surface area contributed by atoms with Gasteiger partial charge in [-0.15, -0.1) is 0 Å². The van der Waals surface area contributed by atoms with Gasteiger partial charge in [-0.05, 0) is 24.7 Å². The van der Waals surface area contributed by atoms with Gasteiger partial charge < -0.3 is 5.11 Å². The highest BCUT2D eigenvalue weighted by molar-refractivity contribution is 5.70. The normalized spacial score (nSPS) is 14.7. The number of carboxylic acids is 1. The van der Waals surface area contributed by atoms with Crippen molar-refractivity contribution in [2.75, 3.05) is 0 Å². The maximum absolute atomic E-state index is 11.9. The van der Waals surface area contributed by atoms with Crippen molar-refractivity contribution in [1.29, 1.82) is 0 Å². The second-order valence-electron chi connectivity index (χ2n) is 9.28. The molecule has 3 unspecified atom stereocenters. The van der Waals surface area contributed by atoms with Crippen molar-refractivity contribution in [3.05, 3.63) is 0 Å². The molecule has 2 nitrogen and oxygen atoms in total. The Hall–Kier alpha value is -0.530. The molecule has 0 bridgehead atoms. The first-order valence-electron chi connectivity index (χ1n) is 12.8. The van der Waals surface area contributed by atoms with Gasteiger partial charge in [-0.1, -0.05) is 130 Å². The predicted molar refractivity (Wildman–Crippen MR) is 124 cm³/mol. The SMILES string of the molecule is CCCCCCCCCCCCCC(C)C(CC(CCC)CCCC)C(=O)O. The van der Waals surface area contributed by atoms with Crippen LogP contribution in [0.5, 0.6) is 0 Å². The van der Waals surface area contributed by atoms with Crippen LogP contribution in [0.4, 0.5) is 0 Å². The molecule has 0 saturated carbocycles. The van der Waals surface area contributed by atoms with Crippen molar-refractivity contribution in [2.24, 2.45) is 17.8 Å². The number of rotatable bonds is 21. The summed E-state index contributed by atoms with van der Waals surface area (Å²) in [4.78, 5) is 11.9. The van der Waals surface area contributed by atoms with E-state index in [2.05, 4.69) is 27.7 Å². The molecule has 28 heavy (non-hydrogen) atoms. The zero-order valence-electron chi connectivity index (χ0n) is 19.8. The summed E-state index contributed by atoms with van der Waals surface area (Å²) in [6.45, 7) is 8.91. The summed E-state index contributed by atoms with van der Waals surface area (Å²) in [5, 5.41) is 9.76. The van der Waals surface area contributed by atoms with E-state index in [0.29, 0.717) is 11.8 Å². The fourth-order valence-electron chi connectivity index (χ4n) is 4.55. The molecule has 168 valence electrons. The first-order valence-corrected chi connectivity index (χ1v) is 12.8. The van der Waals surface area contributed by atoms with Crippen LogP contribution in [0.2, 0.25) is 0 Å². The molecule has 0 aromatic heterocycles. The van der Waals surface area contributed by atoms with Crippen LogP contribution in [-0.4, -0.2) is 11.1 Å². The average molecular weight is 397 g/mol. The molecule has 0 spiro atoms. The highest BCUT2D eigenvalue weighted by Crippen LogP contribution is 2.30. The molecule has 0 aliphatic carbocycles. The second kappa shape index (κ2) is 19.8. The first kappa shape index (κ1) is 27.5. The molecule has 0 aliphatic rings. The largest absolute Gasteiger partial charge is 0.481 e. The van der Waals surface area contributed by atoms with E-state index in [0.717, 1.165) is 12.8 Å². The molecule has 0 amide bonds. The van der Waals surface area contributed by atoms with E-state index in [9.17, 15) is 9.90 Å². The number of hydrogen-bond acceptors (Lipinski definition) is 1. The van der Waals surface area contributed by atoms with Crippen LogP contribution in [-0.2, 0) is 4.79 Å². The van der Waals surface area contributed by atoms with Crippen LogP contribution in [0.1, 0.15) is 143 Å². The van der Waals surface area contributed by atoms with Gasteiger partial charge in [0.2, 0.25) is 0 Å². The van der Waals surface area contributed by atoms with Crippen molar-refractivity contribution in [2.45, 2.75) is 143 Å². The van der Waals surface area contributed by atoms with Gasteiger partial charge in [0.05, 0.1) is 5.92 Å². The summed E-state index contributed by atoms with van der Waals surface area (Å²) in [7, 11) is 0. The molecule has 1 N–H and O–H groups in total. The van der Waals surface area contributed by atoms with Gasteiger partial charge in [0.15, 0.2) is 0 Å². The van der Waals surface area contributed by atoms with Gasteiger partial charge in [-0.2, -0.15) is 0 Å².